The Bertz CT molecular complexity index is 248. The van der Waals surface area contributed by atoms with E-state index in [0.717, 1.165) is 12.5 Å². The van der Waals surface area contributed by atoms with Gasteiger partial charge in [0, 0.05) is 6.54 Å². The van der Waals surface area contributed by atoms with Gasteiger partial charge in [-0.1, -0.05) is 25.7 Å². The van der Waals surface area contributed by atoms with Gasteiger partial charge >= 0.3 is 0 Å². The van der Waals surface area contributed by atoms with Gasteiger partial charge in [0.2, 0.25) is 5.91 Å². The van der Waals surface area contributed by atoms with Crippen LogP contribution in [-0.4, -0.2) is 29.6 Å². The minimum absolute atomic E-state index is 0.0153. The Morgan fingerprint density at radius 2 is 2.00 bits per heavy atom. The van der Waals surface area contributed by atoms with Crippen LogP contribution in [0.5, 0.6) is 0 Å². The lowest BCUT2D eigenvalue weighted by Crippen LogP contribution is -2.35. The number of rotatable bonds is 4. The molecule has 2 rings (SSSR count). The first-order chi connectivity index (χ1) is 7.68. The standard InChI is InChI=1S/C13H24N2O/c1-10-13(16)15(11(2)14-10)9-5-8-12-6-3-4-7-12/h10-12,14H,3-9H2,1-2H3. The number of amides is 1. The zero-order valence-corrected chi connectivity index (χ0v) is 10.5. The second kappa shape index (κ2) is 5.17. The van der Waals surface area contributed by atoms with Gasteiger partial charge in [-0.15, -0.1) is 0 Å². The summed E-state index contributed by atoms with van der Waals surface area (Å²) in [5.41, 5.74) is 0. The molecule has 1 amide bonds. The maximum atomic E-state index is 11.8. The first-order valence-electron chi connectivity index (χ1n) is 6.75. The summed E-state index contributed by atoms with van der Waals surface area (Å²) in [5, 5.41) is 3.27. The van der Waals surface area contributed by atoms with E-state index in [9.17, 15) is 4.79 Å². The van der Waals surface area contributed by atoms with E-state index in [1.54, 1.807) is 0 Å². The van der Waals surface area contributed by atoms with Crippen LogP contribution in [-0.2, 0) is 4.79 Å². The third-order valence-corrected chi connectivity index (χ3v) is 4.10. The summed E-state index contributed by atoms with van der Waals surface area (Å²) >= 11 is 0. The minimum atomic E-state index is 0.0153. The van der Waals surface area contributed by atoms with Crippen LogP contribution in [0.15, 0.2) is 0 Å². The molecule has 3 heteroatoms. The average molecular weight is 224 g/mol. The SMILES string of the molecule is CC1NC(C)N(CCCC2CCCC2)C1=O. The highest BCUT2D eigenvalue weighted by Gasteiger charge is 2.32. The Morgan fingerprint density at radius 3 is 2.56 bits per heavy atom. The maximum absolute atomic E-state index is 11.8. The van der Waals surface area contributed by atoms with Gasteiger partial charge in [0.1, 0.15) is 0 Å². The fraction of sp³-hybridized carbons (Fsp3) is 0.923. The van der Waals surface area contributed by atoms with Gasteiger partial charge in [-0.2, -0.15) is 0 Å². The Morgan fingerprint density at radius 1 is 1.31 bits per heavy atom. The van der Waals surface area contributed by atoms with E-state index >= 15 is 0 Å². The normalized spacial score (nSPS) is 31.6. The van der Waals surface area contributed by atoms with Crippen molar-refractivity contribution in [2.24, 2.45) is 5.92 Å². The molecule has 92 valence electrons. The molecule has 1 aliphatic carbocycles. The Balaban J connectivity index is 1.70. The highest BCUT2D eigenvalue weighted by Crippen LogP contribution is 2.28. The van der Waals surface area contributed by atoms with Crippen LogP contribution in [0.1, 0.15) is 52.4 Å². The average Bonchev–Trinajstić information content (AvgIpc) is 2.82. The molecule has 0 spiro atoms. The predicted molar refractivity (Wildman–Crippen MR) is 65.0 cm³/mol. The first-order valence-corrected chi connectivity index (χ1v) is 6.75. The smallest absolute Gasteiger partial charge is 0.240 e. The van der Waals surface area contributed by atoms with Gasteiger partial charge in [0.05, 0.1) is 12.2 Å². The van der Waals surface area contributed by atoms with Crippen molar-refractivity contribution in [3.63, 3.8) is 0 Å². The molecular formula is C13H24N2O. The molecule has 2 unspecified atom stereocenters. The fourth-order valence-corrected chi connectivity index (χ4v) is 3.12. The van der Waals surface area contributed by atoms with E-state index in [-0.39, 0.29) is 18.1 Å². The van der Waals surface area contributed by atoms with E-state index in [0.29, 0.717) is 0 Å². The van der Waals surface area contributed by atoms with Crippen molar-refractivity contribution in [1.29, 1.82) is 0 Å². The molecule has 2 fully saturated rings. The summed E-state index contributed by atoms with van der Waals surface area (Å²) in [6.45, 7) is 4.97. The van der Waals surface area contributed by atoms with Gasteiger partial charge in [-0.3, -0.25) is 10.1 Å². The van der Waals surface area contributed by atoms with E-state index in [2.05, 4.69) is 12.2 Å². The van der Waals surface area contributed by atoms with Crippen LogP contribution in [0.3, 0.4) is 0 Å². The molecule has 0 radical (unpaired) electrons. The van der Waals surface area contributed by atoms with Gasteiger partial charge in [-0.05, 0) is 32.6 Å². The third-order valence-electron chi connectivity index (χ3n) is 4.10. The largest absolute Gasteiger partial charge is 0.326 e. The molecular weight excluding hydrogens is 200 g/mol. The number of hydrogen-bond donors (Lipinski definition) is 1. The summed E-state index contributed by atoms with van der Waals surface area (Å²) in [7, 11) is 0. The number of nitrogens with zero attached hydrogens (tertiary/aromatic N) is 1. The van der Waals surface area contributed by atoms with Crippen molar-refractivity contribution >= 4 is 5.91 Å². The first kappa shape index (κ1) is 11.9. The fourth-order valence-electron chi connectivity index (χ4n) is 3.12. The van der Waals surface area contributed by atoms with Gasteiger partial charge < -0.3 is 4.90 Å². The molecule has 0 bridgehead atoms. The molecule has 1 N–H and O–H groups in total. The van der Waals surface area contributed by atoms with Gasteiger partial charge in [0.25, 0.3) is 0 Å². The number of nitrogens with one attached hydrogen (secondary N) is 1. The quantitative estimate of drug-likeness (QED) is 0.793. The molecule has 2 aliphatic rings. The van der Waals surface area contributed by atoms with Crippen LogP contribution in [0, 0.1) is 5.92 Å². The van der Waals surface area contributed by atoms with Crippen LogP contribution < -0.4 is 5.32 Å². The number of carbonyl (C=O) groups is 1. The lowest BCUT2D eigenvalue weighted by Gasteiger charge is -2.21. The molecule has 16 heavy (non-hydrogen) atoms. The van der Waals surface area contributed by atoms with E-state index in [4.69, 9.17) is 0 Å². The maximum Gasteiger partial charge on any atom is 0.240 e. The Kier molecular flexibility index (Phi) is 3.85. The zero-order valence-electron chi connectivity index (χ0n) is 10.5. The molecule has 0 aromatic heterocycles. The lowest BCUT2D eigenvalue weighted by atomic mass is 10.0. The molecule has 1 aliphatic heterocycles. The summed E-state index contributed by atoms with van der Waals surface area (Å²) in [5.74, 6) is 1.22. The van der Waals surface area contributed by atoms with Gasteiger partial charge in [0.15, 0.2) is 0 Å². The van der Waals surface area contributed by atoms with Crippen LogP contribution >= 0.6 is 0 Å². The van der Waals surface area contributed by atoms with Crippen molar-refractivity contribution in [3.8, 4) is 0 Å². The molecule has 3 nitrogen and oxygen atoms in total. The molecule has 0 aromatic carbocycles. The van der Waals surface area contributed by atoms with Crippen molar-refractivity contribution in [3.05, 3.63) is 0 Å². The summed E-state index contributed by atoms with van der Waals surface area (Å²) in [4.78, 5) is 13.8. The highest BCUT2D eigenvalue weighted by molar-refractivity contribution is 5.83. The molecule has 1 saturated heterocycles. The van der Waals surface area contributed by atoms with Crippen molar-refractivity contribution in [1.82, 2.24) is 10.2 Å². The van der Waals surface area contributed by atoms with Crippen LogP contribution in [0.2, 0.25) is 0 Å². The van der Waals surface area contributed by atoms with E-state index in [1.807, 2.05) is 11.8 Å². The van der Waals surface area contributed by atoms with E-state index < -0.39 is 0 Å². The second-order valence-electron chi connectivity index (χ2n) is 5.39. The van der Waals surface area contributed by atoms with E-state index in [1.165, 1.54) is 38.5 Å². The number of hydrogen-bond acceptors (Lipinski definition) is 2. The second-order valence-corrected chi connectivity index (χ2v) is 5.39. The highest BCUT2D eigenvalue weighted by atomic mass is 16.2. The molecule has 0 aromatic rings. The Labute approximate surface area is 98.6 Å². The predicted octanol–water partition coefficient (Wildman–Crippen LogP) is 2.12. The monoisotopic (exact) mass is 224 g/mol. The van der Waals surface area contributed by atoms with Crippen molar-refractivity contribution in [2.75, 3.05) is 6.54 Å². The number of carbonyl (C=O) groups excluding carboxylic acids is 1. The summed E-state index contributed by atoms with van der Waals surface area (Å²) in [6, 6.07) is 0.0153. The van der Waals surface area contributed by atoms with Crippen LogP contribution in [0.4, 0.5) is 0 Å². The third kappa shape index (κ3) is 2.57. The molecule has 2 atom stereocenters. The van der Waals surface area contributed by atoms with Crippen molar-refractivity contribution < 1.29 is 4.79 Å². The molecule has 1 heterocycles. The van der Waals surface area contributed by atoms with Gasteiger partial charge in [-0.25, -0.2) is 0 Å². The van der Waals surface area contributed by atoms with Crippen LogP contribution in [0.25, 0.3) is 0 Å². The summed E-state index contributed by atoms with van der Waals surface area (Å²) in [6.07, 6.45) is 8.38. The zero-order chi connectivity index (χ0) is 11.5. The minimum Gasteiger partial charge on any atom is -0.326 e. The summed E-state index contributed by atoms with van der Waals surface area (Å²) < 4.78 is 0. The topological polar surface area (TPSA) is 32.3 Å². The lowest BCUT2D eigenvalue weighted by molar-refractivity contribution is -0.129. The molecule has 1 saturated carbocycles. The Hall–Kier alpha value is -0.570. The van der Waals surface area contributed by atoms with Crippen molar-refractivity contribution in [2.45, 2.75) is 64.6 Å².